The van der Waals surface area contributed by atoms with Crippen molar-refractivity contribution in [3.8, 4) is 5.75 Å². The first-order valence-electron chi connectivity index (χ1n) is 9.85. The molecule has 30 heavy (non-hydrogen) atoms. The van der Waals surface area contributed by atoms with Crippen LogP contribution in [0.4, 0.5) is 20.2 Å². The molecule has 0 aliphatic carbocycles. The summed E-state index contributed by atoms with van der Waals surface area (Å²) in [6, 6.07) is 12.5. The fourth-order valence-electron chi connectivity index (χ4n) is 3.53. The lowest BCUT2D eigenvalue weighted by Gasteiger charge is -2.33. The number of rotatable bonds is 8. The first-order valence-corrected chi connectivity index (χ1v) is 10.6. The zero-order chi connectivity index (χ0) is 21.5. The van der Waals surface area contributed by atoms with Crippen molar-refractivity contribution in [1.82, 2.24) is 0 Å². The fourth-order valence-corrected chi connectivity index (χ4v) is 3.94. The summed E-state index contributed by atoms with van der Waals surface area (Å²) in [5.41, 5.74) is 2.37. The van der Waals surface area contributed by atoms with E-state index in [1.54, 1.807) is 19.2 Å². The average molecular weight is 483 g/mol. The van der Waals surface area contributed by atoms with E-state index in [1.807, 2.05) is 24.3 Å². The van der Waals surface area contributed by atoms with Crippen molar-refractivity contribution < 1.29 is 23.0 Å². The third-order valence-electron chi connectivity index (χ3n) is 5.15. The van der Waals surface area contributed by atoms with E-state index in [4.69, 9.17) is 4.74 Å². The number of nitrogens with one attached hydrogen (secondary N) is 1. The molecule has 3 rings (SSSR count). The second-order valence-corrected chi connectivity index (χ2v) is 8.06. The lowest BCUT2D eigenvalue weighted by Crippen LogP contribution is -2.36. The van der Waals surface area contributed by atoms with Crippen LogP contribution in [-0.4, -0.2) is 38.8 Å². The second kappa shape index (κ2) is 10.7. The van der Waals surface area contributed by atoms with Crippen molar-refractivity contribution >= 4 is 33.2 Å². The van der Waals surface area contributed by atoms with E-state index in [0.29, 0.717) is 23.8 Å². The molecule has 5 nitrogen and oxygen atoms in total. The van der Waals surface area contributed by atoms with Crippen LogP contribution in [0.1, 0.15) is 24.8 Å². The number of carbonyl (C=O) groups excluding carboxylic acids is 1. The predicted molar refractivity (Wildman–Crippen MR) is 116 cm³/mol. The van der Waals surface area contributed by atoms with Crippen molar-refractivity contribution in [3.05, 3.63) is 52.5 Å². The summed E-state index contributed by atoms with van der Waals surface area (Å²) in [7, 11) is 1.75. The van der Waals surface area contributed by atoms with Crippen LogP contribution in [0, 0.1) is 0 Å². The van der Waals surface area contributed by atoms with E-state index in [1.165, 1.54) is 6.07 Å². The van der Waals surface area contributed by atoms with Crippen molar-refractivity contribution in [2.75, 3.05) is 30.4 Å². The Bertz CT molecular complexity index is 841. The molecule has 1 amide bonds. The first kappa shape index (κ1) is 22.5. The van der Waals surface area contributed by atoms with Gasteiger partial charge >= 0.3 is 6.61 Å². The first-order chi connectivity index (χ1) is 14.4. The van der Waals surface area contributed by atoms with Gasteiger partial charge in [0.2, 0.25) is 5.91 Å². The molecular weight excluding hydrogens is 458 g/mol. The number of alkyl halides is 2. The molecule has 0 unspecified atom stereocenters. The Morgan fingerprint density at radius 1 is 1.20 bits per heavy atom. The van der Waals surface area contributed by atoms with Crippen molar-refractivity contribution in [2.45, 2.75) is 38.4 Å². The zero-order valence-electron chi connectivity index (χ0n) is 16.7. The van der Waals surface area contributed by atoms with Gasteiger partial charge in [-0.05, 0) is 67.3 Å². The number of amides is 1. The maximum Gasteiger partial charge on any atom is 0.387 e. The highest BCUT2D eigenvalue weighted by Crippen LogP contribution is 2.27. The van der Waals surface area contributed by atoms with Gasteiger partial charge in [0.1, 0.15) is 5.75 Å². The highest BCUT2D eigenvalue weighted by Gasteiger charge is 2.19. The van der Waals surface area contributed by atoms with Crippen LogP contribution in [0.25, 0.3) is 0 Å². The SMILES string of the molecule is COC1CCN(c2ccc(NC(=O)CCc3cc(Br)ccc3OC(F)F)cc2)CC1. The van der Waals surface area contributed by atoms with Crippen molar-refractivity contribution in [1.29, 1.82) is 0 Å². The molecule has 1 heterocycles. The number of aryl methyl sites for hydroxylation is 1. The van der Waals surface area contributed by atoms with Crippen LogP contribution in [0.2, 0.25) is 0 Å². The van der Waals surface area contributed by atoms with Gasteiger partial charge in [0, 0.05) is 42.5 Å². The number of nitrogens with zero attached hydrogens (tertiary/aromatic N) is 1. The molecule has 1 fully saturated rings. The Morgan fingerprint density at radius 2 is 1.90 bits per heavy atom. The fraction of sp³-hybridized carbons (Fsp3) is 0.409. The second-order valence-electron chi connectivity index (χ2n) is 7.15. The maximum absolute atomic E-state index is 12.6. The summed E-state index contributed by atoms with van der Waals surface area (Å²) in [5, 5.41) is 2.86. The number of hydrogen-bond acceptors (Lipinski definition) is 4. The number of carbonyl (C=O) groups is 1. The van der Waals surface area contributed by atoms with Gasteiger partial charge in [-0.15, -0.1) is 0 Å². The third-order valence-corrected chi connectivity index (χ3v) is 5.64. The smallest absolute Gasteiger partial charge is 0.387 e. The molecule has 0 radical (unpaired) electrons. The summed E-state index contributed by atoms with van der Waals surface area (Å²) in [5.74, 6) is -0.103. The number of ether oxygens (including phenoxy) is 2. The monoisotopic (exact) mass is 482 g/mol. The standard InChI is InChI=1S/C22H25BrF2N2O3/c1-29-19-10-12-27(13-11-19)18-6-4-17(5-7-18)26-21(28)9-2-15-14-16(23)3-8-20(15)30-22(24)25/h3-8,14,19,22H,2,9-13H2,1H3,(H,26,28). The molecule has 1 aliphatic rings. The largest absolute Gasteiger partial charge is 0.435 e. The zero-order valence-corrected chi connectivity index (χ0v) is 18.3. The molecule has 1 saturated heterocycles. The lowest BCUT2D eigenvalue weighted by molar-refractivity contribution is -0.116. The van der Waals surface area contributed by atoms with Gasteiger partial charge in [-0.1, -0.05) is 15.9 Å². The summed E-state index contributed by atoms with van der Waals surface area (Å²) in [4.78, 5) is 14.6. The minimum atomic E-state index is -2.91. The summed E-state index contributed by atoms with van der Waals surface area (Å²) < 4.78 is 35.8. The predicted octanol–water partition coefficient (Wildman–Crippen LogP) is 5.24. The van der Waals surface area contributed by atoms with Gasteiger partial charge in [0.25, 0.3) is 0 Å². The van der Waals surface area contributed by atoms with Gasteiger partial charge < -0.3 is 19.7 Å². The molecule has 0 aromatic heterocycles. The van der Waals surface area contributed by atoms with Crippen LogP contribution in [-0.2, 0) is 16.0 Å². The Kier molecular flexibility index (Phi) is 8.04. The molecule has 8 heteroatoms. The van der Waals surface area contributed by atoms with Crippen molar-refractivity contribution in [2.24, 2.45) is 0 Å². The minimum absolute atomic E-state index is 0.0857. The van der Waals surface area contributed by atoms with E-state index in [0.717, 1.165) is 36.1 Å². The highest BCUT2D eigenvalue weighted by atomic mass is 79.9. The lowest BCUT2D eigenvalue weighted by atomic mass is 10.1. The number of anilines is 2. The van der Waals surface area contributed by atoms with E-state index in [2.05, 4.69) is 30.9 Å². The molecule has 2 aromatic carbocycles. The third kappa shape index (κ3) is 6.40. The molecule has 2 aromatic rings. The van der Waals surface area contributed by atoms with Crippen LogP contribution < -0.4 is 15.0 Å². The minimum Gasteiger partial charge on any atom is -0.435 e. The van der Waals surface area contributed by atoms with Gasteiger partial charge in [0.05, 0.1) is 6.10 Å². The highest BCUT2D eigenvalue weighted by molar-refractivity contribution is 9.10. The Labute approximate surface area is 183 Å². The Hall–Kier alpha value is -2.19. The molecule has 0 spiro atoms. The number of methoxy groups -OCH3 is 1. The number of piperidine rings is 1. The maximum atomic E-state index is 12.6. The summed E-state index contributed by atoms with van der Waals surface area (Å²) >= 11 is 3.32. The van der Waals surface area contributed by atoms with Gasteiger partial charge in [-0.2, -0.15) is 8.78 Å². The van der Waals surface area contributed by atoms with Crippen LogP contribution in [0.15, 0.2) is 46.9 Å². The quantitative estimate of drug-likeness (QED) is 0.559. The van der Waals surface area contributed by atoms with Crippen LogP contribution >= 0.6 is 15.9 Å². The van der Waals surface area contributed by atoms with Gasteiger partial charge in [-0.3, -0.25) is 4.79 Å². The van der Waals surface area contributed by atoms with Crippen molar-refractivity contribution in [3.63, 3.8) is 0 Å². The summed E-state index contributed by atoms with van der Waals surface area (Å²) in [6.07, 6.45) is 2.78. The molecular formula is C22H25BrF2N2O3. The molecule has 162 valence electrons. The van der Waals surface area contributed by atoms with E-state index < -0.39 is 6.61 Å². The Balaban J connectivity index is 1.53. The van der Waals surface area contributed by atoms with E-state index in [-0.39, 0.29) is 18.1 Å². The van der Waals surface area contributed by atoms with Gasteiger partial charge in [0.15, 0.2) is 0 Å². The average Bonchev–Trinajstić information content (AvgIpc) is 2.74. The number of halogens is 3. The number of benzene rings is 2. The van der Waals surface area contributed by atoms with Gasteiger partial charge in [-0.25, -0.2) is 0 Å². The molecule has 0 bridgehead atoms. The normalized spacial score (nSPS) is 14.8. The van der Waals surface area contributed by atoms with Crippen LogP contribution in [0.5, 0.6) is 5.75 Å². The van der Waals surface area contributed by atoms with Crippen LogP contribution in [0.3, 0.4) is 0 Å². The molecule has 1 aliphatic heterocycles. The Morgan fingerprint density at radius 3 is 2.53 bits per heavy atom. The topological polar surface area (TPSA) is 50.8 Å². The summed E-state index contributed by atoms with van der Waals surface area (Å²) in [6.45, 7) is -1.02. The molecule has 0 atom stereocenters. The van der Waals surface area contributed by atoms with E-state index >= 15 is 0 Å². The number of hydrogen-bond donors (Lipinski definition) is 1. The van der Waals surface area contributed by atoms with E-state index in [9.17, 15) is 13.6 Å². The molecule has 0 saturated carbocycles. The molecule has 1 N–H and O–H groups in total.